The SMILES string of the molecule is CCS(=O)(=O)Nc1ccc(-c2ncnc3[nH]c(-c4ccc(F)cc4)cc23)cc1. The molecule has 0 aliphatic carbocycles. The Morgan fingerprint density at radius 1 is 1.00 bits per heavy atom. The molecule has 0 fully saturated rings. The van der Waals surface area contributed by atoms with Crippen molar-refractivity contribution in [1.82, 2.24) is 15.0 Å². The Labute approximate surface area is 161 Å². The Morgan fingerprint density at radius 2 is 1.68 bits per heavy atom. The van der Waals surface area contributed by atoms with Crippen LogP contribution in [-0.4, -0.2) is 29.1 Å². The molecule has 6 nitrogen and oxygen atoms in total. The van der Waals surface area contributed by atoms with Gasteiger partial charge in [-0.1, -0.05) is 12.1 Å². The average Bonchev–Trinajstić information content (AvgIpc) is 3.13. The van der Waals surface area contributed by atoms with E-state index in [2.05, 4.69) is 19.7 Å². The van der Waals surface area contributed by atoms with Gasteiger partial charge in [-0.05, 0) is 55.0 Å². The Balaban J connectivity index is 1.72. The van der Waals surface area contributed by atoms with Crippen LogP contribution in [0.5, 0.6) is 0 Å². The number of anilines is 1. The largest absolute Gasteiger partial charge is 0.339 e. The van der Waals surface area contributed by atoms with Crippen molar-refractivity contribution in [3.63, 3.8) is 0 Å². The summed E-state index contributed by atoms with van der Waals surface area (Å²) < 4.78 is 39.1. The predicted molar refractivity (Wildman–Crippen MR) is 108 cm³/mol. The standard InChI is InChI=1S/C20H17FN4O2S/c1-2-28(26,27)25-16-9-5-14(6-10-16)19-17-11-18(24-20(17)23-12-22-19)13-3-7-15(21)8-4-13/h3-12,25H,2H2,1H3,(H,22,23,24). The minimum atomic E-state index is -3.32. The highest BCUT2D eigenvalue weighted by molar-refractivity contribution is 7.92. The van der Waals surface area contributed by atoms with Crippen molar-refractivity contribution >= 4 is 26.7 Å². The Bertz CT molecular complexity index is 1230. The van der Waals surface area contributed by atoms with Gasteiger partial charge in [-0.25, -0.2) is 22.8 Å². The smallest absolute Gasteiger partial charge is 0.232 e. The van der Waals surface area contributed by atoms with Crippen LogP contribution in [0.15, 0.2) is 60.9 Å². The molecule has 28 heavy (non-hydrogen) atoms. The lowest BCUT2D eigenvalue weighted by atomic mass is 10.1. The molecule has 0 aliphatic rings. The first-order valence-electron chi connectivity index (χ1n) is 8.66. The fraction of sp³-hybridized carbons (Fsp3) is 0.100. The number of fused-ring (bicyclic) bond motifs is 1. The van der Waals surface area contributed by atoms with Crippen molar-refractivity contribution < 1.29 is 12.8 Å². The van der Waals surface area contributed by atoms with E-state index >= 15 is 0 Å². The number of H-pyrrole nitrogens is 1. The third-order valence-corrected chi connectivity index (χ3v) is 5.70. The predicted octanol–water partition coefficient (Wildman–Crippen LogP) is 4.19. The zero-order valence-corrected chi connectivity index (χ0v) is 15.8. The van der Waals surface area contributed by atoms with E-state index in [1.54, 1.807) is 43.3 Å². The first-order valence-corrected chi connectivity index (χ1v) is 10.3. The van der Waals surface area contributed by atoms with Crippen LogP contribution in [-0.2, 0) is 10.0 Å². The third-order valence-electron chi connectivity index (χ3n) is 4.39. The Hall–Kier alpha value is -3.26. The van der Waals surface area contributed by atoms with Gasteiger partial charge in [0.05, 0.1) is 11.4 Å². The highest BCUT2D eigenvalue weighted by atomic mass is 32.2. The van der Waals surface area contributed by atoms with Gasteiger partial charge >= 0.3 is 0 Å². The van der Waals surface area contributed by atoms with Crippen LogP contribution in [0.25, 0.3) is 33.5 Å². The number of nitrogens with zero attached hydrogens (tertiary/aromatic N) is 2. The number of nitrogens with one attached hydrogen (secondary N) is 2. The van der Waals surface area contributed by atoms with E-state index in [0.717, 1.165) is 27.9 Å². The molecule has 0 saturated carbocycles. The number of sulfonamides is 1. The first kappa shape index (κ1) is 18.1. The van der Waals surface area contributed by atoms with Crippen molar-refractivity contribution in [2.75, 3.05) is 10.5 Å². The van der Waals surface area contributed by atoms with E-state index in [0.29, 0.717) is 11.3 Å². The summed E-state index contributed by atoms with van der Waals surface area (Å²) in [5, 5.41) is 0.823. The molecule has 0 atom stereocenters. The second-order valence-corrected chi connectivity index (χ2v) is 8.27. The summed E-state index contributed by atoms with van der Waals surface area (Å²) in [6, 6.07) is 15.1. The fourth-order valence-corrected chi connectivity index (χ4v) is 3.54. The zero-order valence-electron chi connectivity index (χ0n) is 15.0. The molecular formula is C20H17FN4O2S. The summed E-state index contributed by atoms with van der Waals surface area (Å²) in [7, 11) is -3.32. The van der Waals surface area contributed by atoms with E-state index in [9.17, 15) is 12.8 Å². The van der Waals surface area contributed by atoms with E-state index in [-0.39, 0.29) is 11.6 Å². The van der Waals surface area contributed by atoms with Gasteiger partial charge in [0, 0.05) is 22.3 Å². The topological polar surface area (TPSA) is 87.7 Å². The van der Waals surface area contributed by atoms with Gasteiger partial charge in [0.1, 0.15) is 17.8 Å². The lowest BCUT2D eigenvalue weighted by Gasteiger charge is -2.07. The van der Waals surface area contributed by atoms with Crippen molar-refractivity contribution in [3.8, 4) is 22.5 Å². The minimum absolute atomic E-state index is 0.0107. The average molecular weight is 396 g/mol. The van der Waals surface area contributed by atoms with Gasteiger partial charge in [-0.15, -0.1) is 0 Å². The summed E-state index contributed by atoms with van der Waals surface area (Å²) in [6.07, 6.45) is 1.47. The molecule has 0 amide bonds. The van der Waals surface area contributed by atoms with Crippen LogP contribution in [0, 0.1) is 5.82 Å². The highest BCUT2D eigenvalue weighted by Gasteiger charge is 2.12. The molecule has 0 spiro atoms. The minimum Gasteiger partial charge on any atom is -0.339 e. The number of hydrogen-bond acceptors (Lipinski definition) is 4. The van der Waals surface area contributed by atoms with E-state index in [1.807, 2.05) is 6.07 Å². The number of halogens is 1. The second kappa shape index (κ2) is 7.05. The van der Waals surface area contributed by atoms with Gasteiger partial charge in [-0.2, -0.15) is 0 Å². The molecule has 2 aromatic carbocycles. The molecule has 0 radical (unpaired) electrons. The Kier molecular flexibility index (Phi) is 4.56. The lowest BCUT2D eigenvalue weighted by Crippen LogP contribution is -2.14. The molecule has 8 heteroatoms. The van der Waals surface area contributed by atoms with Gasteiger partial charge in [0.25, 0.3) is 0 Å². The molecule has 0 bridgehead atoms. The van der Waals surface area contributed by atoms with Crippen LogP contribution < -0.4 is 4.72 Å². The molecule has 2 aromatic heterocycles. The monoisotopic (exact) mass is 396 g/mol. The molecule has 142 valence electrons. The Morgan fingerprint density at radius 3 is 2.36 bits per heavy atom. The van der Waals surface area contributed by atoms with Gasteiger partial charge < -0.3 is 4.98 Å². The molecule has 0 unspecified atom stereocenters. The first-order chi connectivity index (χ1) is 13.4. The third kappa shape index (κ3) is 3.59. The number of hydrogen-bond donors (Lipinski definition) is 2. The van der Waals surface area contributed by atoms with Crippen LogP contribution in [0.2, 0.25) is 0 Å². The lowest BCUT2D eigenvalue weighted by molar-refractivity contribution is 0.602. The van der Waals surface area contributed by atoms with E-state index < -0.39 is 10.0 Å². The van der Waals surface area contributed by atoms with Gasteiger partial charge in [0.2, 0.25) is 10.0 Å². The summed E-state index contributed by atoms with van der Waals surface area (Å²) in [4.78, 5) is 11.9. The van der Waals surface area contributed by atoms with Crippen molar-refractivity contribution in [2.45, 2.75) is 6.92 Å². The van der Waals surface area contributed by atoms with Gasteiger partial charge in [-0.3, -0.25) is 4.72 Å². The fourth-order valence-electron chi connectivity index (χ4n) is 2.90. The zero-order chi connectivity index (χ0) is 19.7. The van der Waals surface area contributed by atoms with Crippen LogP contribution in [0.4, 0.5) is 10.1 Å². The molecule has 4 rings (SSSR count). The van der Waals surface area contributed by atoms with Crippen LogP contribution in [0.1, 0.15) is 6.92 Å². The molecule has 0 saturated heterocycles. The second-order valence-electron chi connectivity index (χ2n) is 6.26. The highest BCUT2D eigenvalue weighted by Crippen LogP contribution is 2.30. The van der Waals surface area contributed by atoms with Crippen LogP contribution in [0.3, 0.4) is 0 Å². The van der Waals surface area contributed by atoms with Crippen molar-refractivity contribution in [1.29, 1.82) is 0 Å². The summed E-state index contributed by atoms with van der Waals surface area (Å²) >= 11 is 0. The number of aromatic nitrogens is 3. The molecule has 2 heterocycles. The number of aromatic amines is 1. The maximum atomic E-state index is 13.2. The number of rotatable bonds is 5. The maximum absolute atomic E-state index is 13.2. The molecule has 2 N–H and O–H groups in total. The summed E-state index contributed by atoms with van der Waals surface area (Å²) in [5.41, 5.74) is 4.37. The summed E-state index contributed by atoms with van der Waals surface area (Å²) in [5.74, 6) is -0.282. The summed E-state index contributed by atoms with van der Waals surface area (Å²) in [6.45, 7) is 1.58. The van der Waals surface area contributed by atoms with Crippen molar-refractivity contribution in [3.05, 3.63) is 66.7 Å². The van der Waals surface area contributed by atoms with E-state index in [4.69, 9.17) is 0 Å². The quantitative estimate of drug-likeness (QED) is 0.529. The number of benzene rings is 2. The normalized spacial score (nSPS) is 11.6. The van der Waals surface area contributed by atoms with Crippen molar-refractivity contribution in [2.24, 2.45) is 0 Å². The van der Waals surface area contributed by atoms with Crippen LogP contribution >= 0.6 is 0 Å². The molecule has 0 aliphatic heterocycles. The van der Waals surface area contributed by atoms with Gasteiger partial charge in [0.15, 0.2) is 0 Å². The molecule has 4 aromatic rings. The molecular weight excluding hydrogens is 379 g/mol. The maximum Gasteiger partial charge on any atom is 0.232 e. The van der Waals surface area contributed by atoms with E-state index in [1.165, 1.54) is 18.5 Å².